The van der Waals surface area contributed by atoms with Crippen LogP contribution in [0.2, 0.25) is 0 Å². The third-order valence-corrected chi connectivity index (χ3v) is 4.63. The van der Waals surface area contributed by atoms with E-state index in [4.69, 9.17) is 0 Å². The molecule has 0 bridgehead atoms. The van der Waals surface area contributed by atoms with Gasteiger partial charge in [0.25, 0.3) is 11.8 Å². The van der Waals surface area contributed by atoms with Gasteiger partial charge in [0.2, 0.25) is 0 Å². The second kappa shape index (κ2) is 7.20. The highest BCUT2D eigenvalue weighted by molar-refractivity contribution is 6.39. The number of halogens is 1. The molecule has 4 rings (SSSR count). The number of anilines is 1. The molecule has 1 fully saturated rings. The predicted molar refractivity (Wildman–Crippen MR) is 106 cm³/mol. The lowest BCUT2D eigenvalue weighted by molar-refractivity contribution is -0.122. The molecule has 0 atom stereocenters. The van der Waals surface area contributed by atoms with E-state index in [1.54, 1.807) is 12.1 Å². The van der Waals surface area contributed by atoms with E-state index < -0.39 is 23.7 Å². The van der Waals surface area contributed by atoms with Crippen molar-refractivity contribution < 1.29 is 18.8 Å². The fraction of sp³-hybridized carbons (Fsp3) is 0.0455. The van der Waals surface area contributed by atoms with E-state index in [1.165, 1.54) is 18.2 Å². The number of para-hydroxylation sites is 1. The Morgan fingerprint density at radius 2 is 1.66 bits per heavy atom. The minimum Gasteiger partial charge on any atom is -0.317 e. The molecular weight excluding hydrogens is 373 g/mol. The van der Waals surface area contributed by atoms with Crippen LogP contribution >= 0.6 is 0 Å². The zero-order chi connectivity index (χ0) is 20.5. The van der Waals surface area contributed by atoms with Crippen LogP contribution in [0.25, 0.3) is 11.8 Å². The molecule has 3 aromatic rings. The molecule has 1 aliphatic heterocycles. The molecule has 0 unspecified atom stereocenters. The van der Waals surface area contributed by atoms with Gasteiger partial charge in [-0.05, 0) is 61.0 Å². The van der Waals surface area contributed by atoms with Crippen LogP contribution in [0.1, 0.15) is 11.3 Å². The average Bonchev–Trinajstić information content (AvgIpc) is 3.15. The van der Waals surface area contributed by atoms with Crippen molar-refractivity contribution in [3.63, 3.8) is 0 Å². The van der Waals surface area contributed by atoms with Crippen LogP contribution in [0.15, 0.2) is 72.4 Å². The van der Waals surface area contributed by atoms with Gasteiger partial charge in [0.05, 0.1) is 5.69 Å². The second-order valence-electron chi connectivity index (χ2n) is 6.52. The minimum absolute atomic E-state index is 0.168. The molecule has 0 radical (unpaired) electrons. The molecule has 2 heterocycles. The number of hydrogen-bond acceptors (Lipinski definition) is 3. The lowest BCUT2D eigenvalue weighted by Gasteiger charge is -2.26. The number of hydrogen-bond donors (Lipinski definition) is 1. The van der Waals surface area contributed by atoms with Crippen molar-refractivity contribution in [3.05, 3.63) is 89.5 Å². The third-order valence-electron chi connectivity index (χ3n) is 4.63. The third kappa shape index (κ3) is 3.34. The maximum Gasteiger partial charge on any atom is 0.335 e. The van der Waals surface area contributed by atoms with Gasteiger partial charge in [-0.2, -0.15) is 0 Å². The van der Waals surface area contributed by atoms with Crippen molar-refractivity contribution in [1.82, 2.24) is 9.88 Å². The molecule has 0 spiro atoms. The van der Waals surface area contributed by atoms with Crippen LogP contribution in [0.4, 0.5) is 14.9 Å². The van der Waals surface area contributed by atoms with Crippen molar-refractivity contribution >= 4 is 29.6 Å². The van der Waals surface area contributed by atoms with Crippen LogP contribution < -0.4 is 10.2 Å². The first-order valence-corrected chi connectivity index (χ1v) is 8.86. The summed E-state index contributed by atoms with van der Waals surface area (Å²) in [6, 6.07) is 15.3. The summed E-state index contributed by atoms with van der Waals surface area (Å²) in [6.45, 7) is 1.96. The van der Waals surface area contributed by atoms with Gasteiger partial charge in [-0.25, -0.2) is 14.1 Å². The number of imide groups is 2. The molecule has 0 aliphatic carbocycles. The smallest absolute Gasteiger partial charge is 0.317 e. The van der Waals surface area contributed by atoms with Gasteiger partial charge in [-0.3, -0.25) is 14.9 Å². The molecule has 1 saturated heterocycles. The number of aromatic nitrogens is 1. The van der Waals surface area contributed by atoms with E-state index in [2.05, 4.69) is 5.32 Å². The summed E-state index contributed by atoms with van der Waals surface area (Å²) in [4.78, 5) is 38.4. The van der Waals surface area contributed by atoms with Crippen LogP contribution in [0.3, 0.4) is 0 Å². The number of urea groups is 1. The molecule has 6 nitrogen and oxygen atoms in total. The zero-order valence-corrected chi connectivity index (χ0v) is 15.4. The molecule has 0 saturated carbocycles. The molecule has 2 aromatic carbocycles. The van der Waals surface area contributed by atoms with Crippen molar-refractivity contribution in [3.8, 4) is 5.69 Å². The van der Waals surface area contributed by atoms with Crippen molar-refractivity contribution in [2.45, 2.75) is 6.92 Å². The number of benzene rings is 2. The summed E-state index contributed by atoms with van der Waals surface area (Å²) in [5, 5.41) is 2.16. The van der Waals surface area contributed by atoms with Gasteiger partial charge >= 0.3 is 6.03 Å². The zero-order valence-electron chi connectivity index (χ0n) is 15.4. The van der Waals surface area contributed by atoms with Gasteiger partial charge in [0.1, 0.15) is 11.4 Å². The monoisotopic (exact) mass is 389 g/mol. The van der Waals surface area contributed by atoms with Crippen LogP contribution in [0.5, 0.6) is 0 Å². The summed E-state index contributed by atoms with van der Waals surface area (Å²) in [5.74, 6) is -2.06. The van der Waals surface area contributed by atoms with Crippen molar-refractivity contribution in [2.75, 3.05) is 4.90 Å². The number of carbonyl (C=O) groups excluding carboxylic acids is 3. The van der Waals surface area contributed by atoms with E-state index in [0.717, 1.165) is 28.3 Å². The highest BCUT2D eigenvalue weighted by Crippen LogP contribution is 2.24. The van der Waals surface area contributed by atoms with E-state index in [1.807, 2.05) is 42.0 Å². The summed E-state index contributed by atoms with van der Waals surface area (Å²) >= 11 is 0. The molecule has 144 valence electrons. The Balaban J connectivity index is 1.76. The second-order valence-corrected chi connectivity index (χ2v) is 6.52. The fourth-order valence-corrected chi connectivity index (χ4v) is 3.19. The molecule has 1 aromatic heterocycles. The van der Waals surface area contributed by atoms with Crippen LogP contribution in [0, 0.1) is 12.7 Å². The fourth-order valence-electron chi connectivity index (χ4n) is 3.19. The maximum absolute atomic E-state index is 13.2. The highest BCUT2D eigenvalue weighted by atomic mass is 19.1. The highest BCUT2D eigenvalue weighted by Gasteiger charge is 2.37. The summed E-state index contributed by atoms with van der Waals surface area (Å²) in [7, 11) is 0. The van der Waals surface area contributed by atoms with Crippen molar-refractivity contribution in [2.24, 2.45) is 0 Å². The Bertz CT molecular complexity index is 1160. The SMILES string of the molecule is Cc1ccccc1-n1cccc1/C=C1\C(=O)NC(=O)N(c2ccc(F)cc2)C1=O. The maximum atomic E-state index is 13.2. The molecule has 4 amide bonds. The van der Waals surface area contributed by atoms with E-state index in [9.17, 15) is 18.8 Å². The summed E-state index contributed by atoms with van der Waals surface area (Å²) < 4.78 is 15.1. The Labute approximate surface area is 165 Å². The van der Waals surface area contributed by atoms with Gasteiger partial charge in [-0.15, -0.1) is 0 Å². The largest absolute Gasteiger partial charge is 0.335 e. The first-order chi connectivity index (χ1) is 14.0. The standard InChI is InChI=1S/C22H16FN3O3/c1-14-5-2-3-7-19(14)25-12-4-6-17(25)13-18-20(27)24-22(29)26(21(18)28)16-10-8-15(23)9-11-16/h2-13H,1H3,(H,24,27,29)/b18-13+. The number of aryl methyl sites for hydroxylation is 1. The van der Waals surface area contributed by atoms with E-state index in [0.29, 0.717) is 5.69 Å². The molecule has 29 heavy (non-hydrogen) atoms. The van der Waals surface area contributed by atoms with Gasteiger partial charge in [-0.1, -0.05) is 18.2 Å². The number of nitrogens with zero attached hydrogens (tertiary/aromatic N) is 2. The topological polar surface area (TPSA) is 71.4 Å². The van der Waals surface area contributed by atoms with Gasteiger partial charge in [0, 0.05) is 17.6 Å². The first kappa shape index (κ1) is 18.4. The Kier molecular flexibility index (Phi) is 4.56. The van der Waals surface area contributed by atoms with Gasteiger partial charge < -0.3 is 4.57 Å². The number of barbiturate groups is 1. The van der Waals surface area contributed by atoms with Crippen LogP contribution in [-0.4, -0.2) is 22.4 Å². The predicted octanol–water partition coefficient (Wildman–Crippen LogP) is 3.59. The summed E-state index contributed by atoms with van der Waals surface area (Å²) in [6.07, 6.45) is 3.26. The molecule has 1 N–H and O–H groups in total. The molecule has 7 heteroatoms. The number of rotatable bonds is 3. The van der Waals surface area contributed by atoms with E-state index >= 15 is 0 Å². The Hall–Kier alpha value is -4.00. The molecule has 1 aliphatic rings. The molecular formula is C22H16FN3O3. The lowest BCUT2D eigenvalue weighted by Crippen LogP contribution is -2.54. The Morgan fingerprint density at radius 3 is 2.38 bits per heavy atom. The first-order valence-electron chi connectivity index (χ1n) is 8.86. The van der Waals surface area contributed by atoms with Gasteiger partial charge in [0.15, 0.2) is 0 Å². The van der Waals surface area contributed by atoms with Crippen molar-refractivity contribution in [1.29, 1.82) is 0 Å². The number of carbonyl (C=O) groups is 3. The number of nitrogens with one attached hydrogen (secondary N) is 1. The quantitative estimate of drug-likeness (QED) is 0.550. The normalized spacial score (nSPS) is 15.7. The summed E-state index contributed by atoms with van der Waals surface area (Å²) in [5.41, 5.74) is 2.50. The number of amides is 4. The lowest BCUT2D eigenvalue weighted by atomic mass is 10.1. The minimum atomic E-state index is -0.877. The Morgan fingerprint density at radius 1 is 0.931 bits per heavy atom. The van der Waals surface area contributed by atoms with E-state index in [-0.39, 0.29) is 11.3 Å². The average molecular weight is 389 g/mol. The van der Waals surface area contributed by atoms with Crippen LogP contribution in [-0.2, 0) is 9.59 Å².